The number of ether oxygens (including phenoxy) is 15. The zero-order valence-electron chi connectivity index (χ0n) is 77.1. The monoisotopic (exact) mass is 1710 g/mol. The third kappa shape index (κ3) is 62.6. The predicted octanol–water partition coefficient (Wildman–Crippen LogP) is 21.5. The lowest BCUT2D eigenvalue weighted by atomic mass is 9.91. The number of benzene rings is 5. The lowest BCUT2D eigenvalue weighted by molar-refractivity contribution is -0.140. The first-order chi connectivity index (χ1) is 58.4. The zero-order valence-corrected chi connectivity index (χ0v) is 77.1. The highest BCUT2D eigenvalue weighted by Gasteiger charge is 2.16. The van der Waals surface area contributed by atoms with Gasteiger partial charge >= 0.3 is 29.8 Å². The van der Waals surface area contributed by atoms with Crippen molar-refractivity contribution in [2.24, 2.45) is 27.1 Å². The molecule has 123 heavy (non-hydrogen) atoms. The molecule has 1 aliphatic heterocycles. The molecule has 0 bridgehead atoms. The molecular formula is C101H143NO21. The standard InChI is InChI=1S/2C21H30O4.C20H28O5.C20H30O5.C19H25NO3/c1-17(22)16-19-8-6-18(7-9-19)10-11-20(23)25-15-14-24-13-5-12-21(2,3)4;1-21(2,3)14-7-15-24-16-17-25-20(22)9-6-5-8-18-10-12-19(23-4)13-11-18;1-20(2,3)9-4-10-22-11-12-25-19(21)8-6-16-5-7-17-18(15-16)24-14-13-23-17;1-20(2,3)11-6-12-24-13-14-25-19(21)10-8-16-7-9-17(22-4)18(15-16)23-5;1-19(2,3)12-5-13-22-14-15-23-18(21)11-8-16-6-9-17(20-4)10-7-16/h6-11H,5,12-16H2,1-4H3;5-6,8-13H,7,14-17H2,1-4H3;5-8,15H,4,9-14H2,1-3H3;7-10,15H,6,11-14H2,1-5H3;6-11H,5,12-15H2,1-3H3/b11-10+;8-5+,9-6+;8-6+;10-8+;11-8+. The maximum Gasteiger partial charge on any atom is 0.330 e. The van der Waals surface area contributed by atoms with Crippen molar-refractivity contribution in [3.63, 3.8) is 0 Å². The highest BCUT2D eigenvalue weighted by Crippen LogP contribution is 2.32. The van der Waals surface area contributed by atoms with Gasteiger partial charge in [-0.05, 0) is 192 Å². The molecule has 0 spiro atoms. The molecule has 0 saturated carbocycles. The van der Waals surface area contributed by atoms with Crippen LogP contribution in [0.5, 0.6) is 28.7 Å². The Morgan fingerprint density at radius 3 is 1.01 bits per heavy atom. The first-order valence-electron chi connectivity index (χ1n) is 42.5. The molecular weight excluding hydrogens is 1560 g/mol. The predicted molar refractivity (Wildman–Crippen MR) is 490 cm³/mol. The van der Waals surface area contributed by atoms with Crippen LogP contribution in [0.4, 0.5) is 5.69 Å². The van der Waals surface area contributed by atoms with Crippen LogP contribution in [0.1, 0.15) is 208 Å². The van der Waals surface area contributed by atoms with Crippen molar-refractivity contribution < 1.29 is 99.8 Å². The summed E-state index contributed by atoms with van der Waals surface area (Å²) in [6.07, 6.45) is 30.2. The van der Waals surface area contributed by atoms with Crippen molar-refractivity contribution in [1.29, 1.82) is 0 Å². The maximum absolute atomic E-state index is 11.7. The second-order valence-electron chi connectivity index (χ2n) is 34.9. The van der Waals surface area contributed by atoms with Gasteiger partial charge in [0, 0.05) is 69.8 Å². The minimum absolute atomic E-state index is 0.132. The molecule has 0 saturated heterocycles. The summed E-state index contributed by atoms with van der Waals surface area (Å²) in [5, 5.41) is 0. The quantitative estimate of drug-likeness (QED) is 0.00877. The Kier molecular flexibility index (Phi) is 55.7. The number of Topliss-reactive ketones (excluding diaryl/α,β-unsaturated/α-hetero) is 1. The number of carbonyl (C=O) groups excluding carboxylic acids is 6. The molecule has 0 radical (unpaired) electrons. The number of hydrogen-bond acceptors (Lipinski definition) is 21. The Labute approximate surface area is 735 Å². The Morgan fingerprint density at radius 2 is 0.659 bits per heavy atom. The largest absolute Gasteiger partial charge is 0.497 e. The van der Waals surface area contributed by atoms with Crippen molar-refractivity contribution >= 4 is 71.7 Å². The summed E-state index contributed by atoms with van der Waals surface area (Å²) in [4.78, 5) is 72.5. The van der Waals surface area contributed by atoms with Gasteiger partial charge in [-0.1, -0.05) is 195 Å². The van der Waals surface area contributed by atoms with Crippen LogP contribution in [0.25, 0.3) is 35.2 Å². The number of nitrogens with zero attached hydrogens (tertiary/aromatic N) is 1. The smallest absolute Gasteiger partial charge is 0.330 e. The minimum Gasteiger partial charge on any atom is -0.497 e. The van der Waals surface area contributed by atoms with E-state index in [1.54, 1.807) is 101 Å². The molecule has 1 aliphatic rings. The molecule has 1 heterocycles. The first-order valence-corrected chi connectivity index (χ1v) is 42.5. The Balaban J connectivity index is 0.000000521. The second-order valence-corrected chi connectivity index (χ2v) is 34.9. The fourth-order valence-electron chi connectivity index (χ4n) is 10.8. The molecule has 5 aromatic carbocycles. The van der Waals surface area contributed by atoms with E-state index in [9.17, 15) is 28.8 Å². The maximum atomic E-state index is 11.7. The van der Waals surface area contributed by atoms with E-state index in [1.165, 1.54) is 30.4 Å². The summed E-state index contributed by atoms with van der Waals surface area (Å²) in [5.74, 6) is 1.72. The normalized spacial score (nSPS) is 12.1. The van der Waals surface area contributed by atoms with Gasteiger partial charge in [0.05, 0.1) is 60.9 Å². The lowest BCUT2D eigenvalue weighted by Crippen LogP contribution is -2.15. The summed E-state index contributed by atoms with van der Waals surface area (Å²) in [6, 6.07) is 33.2. The van der Waals surface area contributed by atoms with Gasteiger partial charge in [-0.3, -0.25) is 4.79 Å². The SMILES string of the molecule is CC(=O)Cc1ccc(/C=C/C(=O)OCCOCCCC(C)(C)C)cc1.CC(C)(C)CCCOCCOC(=O)/C=C/c1ccc2c(c1)OCCO2.COc1ccc(/C=C/C(=O)OCCOCCCC(C)(C)C)cc1OC.COc1ccc(/C=C/C=C/C(=O)OCCOCCCC(C)(C)C)cc1.[C-]#[N+]c1ccc(/C=C/C(=O)OCCOCCCC(C)(C)C)cc1. The number of allylic oxidation sites excluding steroid dienone is 2. The second kappa shape index (κ2) is 62.9. The van der Waals surface area contributed by atoms with Gasteiger partial charge < -0.3 is 71.1 Å². The summed E-state index contributed by atoms with van der Waals surface area (Å²) in [7, 11) is 4.78. The molecule has 678 valence electrons. The van der Waals surface area contributed by atoms with Crippen molar-refractivity contribution in [3.05, 3.63) is 197 Å². The molecule has 22 heteroatoms. The molecule has 22 nitrogen and oxygen atoms in total. The number of hydrogen-bond donors (Lipinski definition) is 0. The molecule has 0 atom stereocenters. The van der Waals surface area contributed by atoms with Crippen molar-refractivity contribution in [3.8, 4) is 28.7 Å². The number of carbonyl (C=O) groups is 6. The minimum atomic E-state index is -0.395. The summed E-state index contributed by atoms with van der Waals surface area (Å²) in [5.41, 5.74) is 7.65. The number of methoxy groups -OCH3 is 3. The fourth-order valence-corrected chi connectivity index (χ4v) is 10.8. The van der Waals surface area contributed by atoms with Crippen LogP contribution in [-0.2, 0) is 82.6 Å². The summed E-state index contributed by atoms with van der Waals surface area (Å²) < 4.78 is 79.2. The fraction of sp³-hybridized carbons (Fsp3) is 0.515. The molecule has 0 fully saturated rings. The van der Waals surface area contributed by atoms with E-state index in [-0.39, 0.29) is 56.7 Å². The van der Waals surface area contributed by atoms with Gasteiger partial charge in [-0.2, -0.15) is 0 Å². The average molecular weight is 1710 g/mol. The molecule has 0 amide bonds. The summed E-state index contributed by atoms with van der Waals surface area (Å²) in [6.45, 7) is 49.6. The van der Waals surface area contributed by atoms with Gasteiger partial charge in [-0.15, -0.1) is 0 Å². The Hall–Kier alpha value is -10.2. The lowest BCUT2D eigenvalue weighted by Gasteiger charge is -2.18. The Morgan fingerprint density at radius 1 is 0.341 bits per heavy atom. The van der Waals surface area contributed by atoms with Crippen LogP contribution >= 0.6 is 0 Å². The van der Waals surface area contributed by atoms with Crippen molar-refractivity contribution in [2.45, 2.75) is 181 Å². The molecule has 0 unspecified atom stereocenters. The van der Waals surface area contributed by atoms with Gasteiger partial charge in [0.2, 0.25) is 0 Å². The van der Waals surface area contributed by atoms with E-state index < -0.39 is 11.9 Å². The highest BCUT2D eigenvalue weighted by molar-refractivity contribution is 5.89. The van der Waals surface area contributed by atoms with Crippen molar-refractivity contribution in [2.75, 3.05) is 134 Å². The third-order valence-electron chi connectivity index (χ3n) is 17.3. The molecule has 5 aromatic rings. The first kappa shape index (κ1) is 109. The number of ketones is 1. The Bertz CT molecular complexity index is 3930. The zero-order chi connectivity index (χ0) is 91.2. The van der Waals surface area contributed by atoms with Crippen LogP contribution in [-0.4, -0.2) is 169 Å². The van der Waals surface area contributed by atoms with Crippen LogP contribution in [0.3, 0.4) is 0 Å². The van der Waals surface area contributed by atoms with Crippen LogP contribution in [0.15, 0.2) is 152 Å². The summed E-state index contributed by atoms with van der Waals surface area (Å²) >= 11 is 0. The topological polar surface area (TPSA) is 245 Å². The number of fused-ring (bicyclic) bond motifs is 1. The van der Waals surface area contributed by atoms with Crippen LogP contribution < -0.4 is 23.7 Å². The van der Waals surface area contributed by atoms with E-state index in [0.29, 0.717) is 136 Å². The van der Waals surface area contributed by atoms with E-state index in [4.69, 9.17) is 77.6 Å². The molecule has 0 aliphatic carbocycles. The van der Waals surface area contributed by atoms with E-state index in [1.807, 2.05) is 78.9 Å². The van der Waals surface area contributed by atoms with Gasteiger partial charge in [-0.25, -0.2) is 28.8 Å². The average Bonchev–Trinajstić information content (AvgIpc) is 0.849. The van der Waals surface area contributed by atoms with Gasteiger partial charge in [0.15, 0.2) is 28.7 Å². The van der Waals surface area contributed by atoms with Crippen LogP contribution in [0.2, 0.25) is 0 Å². The number of esters is 5. The van der Waals surface area contributed by atoms with E-state index in [0.717, 1.165) is 109 Å². The molecule has 0 N–H and O–H groups in total. The van der Waals surface area contributed by atoms with Gasteiger partial charge in [0.1, 0.15) is 57.8 Å². The molecule has 0 aromatic heterocycles. The highest BCUT2D eigenvalue weighted by atomic mass is 16.6. The van der Waals surface area contributed by atoms with Crippen molar-refractivity contribution in [1.82, 2.24) is 0 Å². The van der Waals surface area contributed by atoms with E-state index >= 15 is 0 Å². The van der Waals surface area contributed by atoms with E-state index in [2.05, 4.69) is 109 Å². The van der Waals surface area contributed by atoms with Gasteiger partial charge in [0.25, 0.3) is 0 Å². The molecule has 6 rings (SSSR count). The third-order valence-corrected chi connectivity index (χ3v) is 17.3. The number of rotatable bonds is 46. The van der Waals surface area contributed by atoms with Crippen LogP contribution in [0, 0.1) is 33.6 Å².